The quantitative estimate of drug-likeness (QED) is 0.721. The highest BCUT2D eigenvalue weighted by molar-refractivity contribution is 7.10. The maximum Gasteiger partial charge on any atom is 0.0578 e. The highest BCUT2D eigenvalue weighted by Gasteiger charge is 2.32. The molecule has 1 atom stereocenters. The lowest BCUT2D eigenvalue weighted by molar-refractivity contribution is 0.519. The Morgan fingerprint density at radius 1 is 1.69 bits per heavy atom. The highest BCUT2D eigenvalue weighted by Crippen LogP contribution is 2.42. The van der Waals surface area contributed by atoms with Gasteiger partial charge in [0.1, 0.15) is 0 Å². The van der Waals surface area contributed by atoms with Gasteiger partial charge in [-0.2, -0.15) is 0 Å². The van der Waals surface area contributed by atoms with Crippen molar-refractivity contribution in [2.24, 2.45) is 5.92 Å². The van der Waals surface area contributed by atoms with Gasteiger partial charge in [0, 0.05) is 10.9 Å². The van der Waals surface area contributed by atoms with E-state index in [2.05, 4.69) is 28.8 Å². The fourth-order valence-corrected chi connectivity index (χ4v) is 2.46. The van der Waals surface area contributed by atoms with Crippen LogP contribution in [0.4, 0.5) is 0 Å². The summed E-state index contributed by atoms with van der Waals surface area (Å²) >= 11 is 1.82. The van der Waals surface area contributed by atoms with E-state index in [0.717, 1.165) is 5.92 Å². The minimum atomic E-state index is 0.510. The van der Waals surface area contributed by atoms with E-state index in [9.17, 15) is 0 Å². The van der Waals surface area contributed by atoms with Crippen LogP contribution >= 0.6 is 11.3 Å². The third-order valence-electron chi connectivity index (χ3n) is 2.37. The van der Waals surface area contributed by atoms with Gasteiger partial charge in [0.15, 0.2) is 0 Å². The van der Waals surface area contributed by atoms with Gasteiger partial charge in [-0.05, 0) is 30.2 Å². The van der Waals surface area contributed by atoms with E-state index >= 15 is 0 Å². The lowest BCUT2D eigenvalue weighted by Gasteiger charge is -2.14. The van der Waals surface area contributed by atoms with Crippen LogP contribution in [0.15, 0.2) is 17.5 Å². The Morgan fingerprint density at radius 2 is 2.54 bits per heavy atom. The number of hydrogen-bond acceptors (Lipinski definition) is 2. The van der Waals surface area contributed by atoms with Crippen molar-refractivity contribution >= 4 is 11.3 Å². The summed E-state index contributed by atoms with van der Waals surface area (Å²) in [5, 5.41) is 5.54. The second-order valence-electron chi connectivity index (χ2n) is 3.42. The predicted octanol–water partition coefficient (Wildman–Crippen LogP) is 2.42. The van der Waals surface area contributed by atoms with Crippen LogP contribution in [-0.2, 0) is 0 Å². The molecule has 68 valence electrons. The fourth-order valence-electron chi connectivity index (χ4n) is 1.57. The van der Waals surface area contributed by atoms with Crippen molar-refractivity contribution in [1.82, 2.24) is 5.32 Å². The summed E-state index contributed by atoms with van der Waals surface area (Å²) < 4.78 is 0. The highest BCUT2D eigenvalue weighted by atomic mass is 32.1. The van der Waals surface area contributed by atoms with E-state index in [-0.39, 0.29) is 0 Å². The number of thiophene rings is 1. The average Bonchev–Trinajstić information content (AvgIpc) is 2.82. The minimum Gasteiger partial charge on any atom is -0.298 e. The van der Waals surface area contributed by atoms with Crippen LogP contribution in [0, 0.1) is 18.3 Å². The Hall–Kier alpha value is -0.780. The molecule has 0 aliphatic heterocycles. The van der Waals surface area contributed by atoms with E-state index in [1.54, 1.807) is 0 Å². The Kier molecular flexibility index (Phi) is 2.68. The van der Waals surface area contributed by atoms with E-state index in [1.807, 2.05) is 11.3 Å². The van der Waals surface area contributed by atoms with Gasteiger partial charge in [-0.3, -0.25) is 5.32 Å². The molecule has 1 unspecified atom stereocenters. The molecule has 2 heteroatoms. The molecular weight excluding hydrogens is 178 g/mol. The van der Waals surface area contributed by atoms with Crippen molar-refractivity contribution in [1.29, 1.82) is 0 Å². The van der Waals surface area contributed by atoms with Crippen molar-refractivity contribution in [3.8, 4) is 12.3 Å². The van der Waals surface area contributed by atoms with Crippen LogP contribution in [0.5, 0.6) is 0 Å². The number of hydrogen-bond donors (Lipinski definition) is 1. The van der Waals surface area contributed by atoms with E-state index in [1.165, 1.54) is 17.7 Å². The first-order valence-electron chi connectivity index (χ1n) is 4.62. The molecular formula is C11H13NS. The smallest absolute Gasteiger partial charge is 0.0578 e. The maximum absolute atomic E-state index is 5.24. The molecule has 0 spiro atoms. The summed E-state index contributed by atoms with van der Waals surface area (Å²) in [5.74, 6) is 3.46. The van der Waals surface area contributed by atoms with Crippen LogP contribution < -0.4 is 5.32 Å². The SMILES string of the molecule is C#CCNC(c1cccs1)C1CC1. The van der Waals surface area contributed by atoms with Crippen LogP contribution in [0.3, 0.4) is 0 Å². The summed E-state index contributed by atoms with van der Waals surface area (Å²) in [4.78, 5) is 1.43. The van der Waals surface area contributed by atoms with E-state index in [4.69, 9.17) is 6.42 Å². The van der Waals surface area contributed by atoms with Gasteiger partial charge in [0.05, 0.1) is 6.54 Å². The lowest BCUT2D eigenvalue weighted by Crippen LogP contribution is -2.22. The van der Waals surface area contributed by atoms with Gasteiger partial charge in [0.25, 0.3) is 0 Å². The molecule has 1 aromatic rings. The molecule has 0 saturated heterocycles. The van der Waals surface area contributed by atoms with Crippen molar-refractivity contribution < 1.29 is 0 Å². The normalized spacial score (nSPS) is 18.1. The van der Waals surface area contributed by atoms with Gasteiger partial charge in [-0.25, -0.2) is 0 Å². The average molecular weight is 191 g/mol. The van der Waals surface area contributed by atoms with Gasteiger partial charge >= 0.3 is 0 Å². The monoisotopic (exact) mass is 191 g/mol. The number of nitrogens with one attached hydrogen (secondary N) is 1. The molecule has 1 aliphatic carbocycles. The molecule has 0 aromatic carbocycles. The number of terminal acetylenes is 1. The Bertz CT molecular complexity index is 292. The first-order valence-corrected chi connectivity index (χ1v) is 5.50. The largest absolute Gasteiger partial charge is 0.298 e. The van der Waals surface area contributed by atoms with Gasteiger partial charge in [0.2, 0.25) is 0 Å². The molecule has 1 nitrogen and oxygen atoms in total. The molecule has 1 N–H and O–H groups in total. The summed E-state index contributed by atoms with van der Waals surface area (Å²) in [6.45, 7) is 0.680. The second kappa shape index (κ2) is 3.95. The van der Waals surface area contributed by atoms with E-state index < -0.39 is 0 Å². The van der Waals surface area contributed by atoms with Crippen LogP contribution in [0.2, 0.25) is 0 Å². The third kappa shape index (κ3) is 2.12. The standard InChI is InChI=1S/C11H13NS/c1-2-7-12-11(9-5-6-9)10-4-3-8-13-10/h1,3-4,8-9,11-12H,5-7H2. The first kappa shape index (κ1) is 8.80. The van der Waals surface area contributed by atoms with Crippen molar-refractivity contribution in [2.45, 2.75) is 18.9 Å². The zero-order chi connectivity index (χ0) is 9.10. The molecule has 1 saturated carbocycles. The predicted molar refractivity (Wildman–Crippen MR) is 56.6 cm³/mol. The molecule has 1 fully saturated rings. The molecule has 13 heavy (non-hydrogen) atoms. The second-order valence-corrected chi connectivity index (χ2v) is 4.39. The van der Waals surface area contributed by atoms with Gasteiger partial charge < -0.3 is 0 Å². The Morgan fingerprint density at radius 3 is 3.08 bits per heavy atom. The van der Waals surface area contributed by atoms with Crippen molar-refractivity contribution in [2.75, 3.05) is 6.54 Å². The van der Waals surface area contributed by atoms with Gasteiger partial charge in [-0.15, -0.1) is 17.8 Å². The Labute approximate surface area is 83.2 Å². The third-order valence-corrected chi connectivity index (χ3v) is 3.32. The minimum absolute atomic E-state index is 0.510. The zero-order valence-electron chi connectivity index (χ0n) is 7.49. The number of rotatable bonds is 4. The summed E-state index contributed by atoms with van der Waals surface area (Å²) in [6, 6.07) is 4.81. The molecule has 1 heterocycles. The van der Waals surface area contributed by atoms with Crippen molar-refractivity contribution in [3.05, 3.63) is 22.4 Å². The molecule has 0 amide bonds. The zero-order valence-corrected chi connectivity index (χ0v) is 8.31. The molecule has 1 aliphatic rings. The van der Waals surface area contributed by atoms with Crippen LogP contribution in [-0.4, -0.2) is 6.54 Å². The topological polar surface area (TPSA) is 12.0 Å². The van der Waals surface area contributed by atoms with Gasteiger partial charge in [-0.1, -0.05) is 12.0 Å². The Balaban J connectivity index is 2.02. The summed E-state index contributed by atoms with van der Waals surface area (Å²) in [7, 11) is 0. The van der Waals surface area contributed by atoms with Crippen LogP contribution in [0.25, 0.3) is 0 Å². The summed E-state index contributed by atoms with van der Waals surface area (Å²) in [5.41, 5.74) is 0. The molecule has 0 radical (unpaired) electrons. The van der Waals surface area contributed by atoms with Crippen molar-refractivity contribution in [3.63, 3.8) is 0 Å². The summed E-state index contributed by atoms with van der Waals surface area (Å²) in [6.07, 6.45) is 7.94. The van der Waals surface area contributed by atoms with E-state index in [0.29, 0.717) is 12.6 Å². The molecule has 1 aromatic heterocycles. The van der Waals surface area contributed by atoms with Crippen LogP contribution in [0.1, 0.15) is 23.8 Å². The first-order chi connectivity index (χ1) is 6.42. The lowest BCUT2D eigenvalue weighted by atomic mass is 10.1. The molecule has 0 bridgehead atoms. The maximum atomic E-state index is 5.24. The molecule has 2 rings (SSSR count). The fraction of sp³-hybridized carbons (Fsp3) is 0.455.